The van der Waals surface area contributed by atoms with Crippen molar-refractivity contribution >= 4 is 73.6 Å². The van der Waals surface area contributed by atoms with Crippen LogP contribution in [0.15, 0.2) is 78.4 Å². The van der Waals surface area contributed by atoms with E-state index < -0.39 is 5.91 Å². The molecule has 4 aromatic carbocycles. The number of nitrogens with zero attached hydrogens (tertiary/aromatic N) is 1. The van der Waals surface area contributed by atoms with E-state index in [0.717, 1.165) is 35.1 Å². The second-order valence-corrected chi connectivity index (χ2v) is 10.5. The third-order valence-corrected chi connectivity index (χ3v) is 7.35. The van der Waals surface area contributed by atoms with Gasteiger partial charge in [0.1, 0.15) is 24.0 Å². The fourth-order valence-electron chi connectivity index (χ4n) is 3.68. The number of hydrogen-bond acceptors (Lipinski definition) is 3. The number of nitriles is 1. The largest absolute Gasteiger partial charge is 0.487 e. The average molecular weight is 684 g/mol. The first kappa shape index (κ1) is 25.2. The summed E-state index contributed by atoms with van der Waals surface area (Å²) in [6.45, 7) is 4.38. The molecule has 0 aliphatic rings. The standard InChI is InChI=1S/C29H22I2N2O2/c1-18-6-5-9-27(19(18)2)33-29(34)24(16-32)13-21-14-25(30)28(26(31)15-21)35-17-20-10-11-22-7-3-4-8-23(22)12-20/h3-15H,17H2,1-2H3,(H,33,34)/b24-13+. The molecule has 0 spiro atoms. The van der Waals surface area contributed by atoms with Crippen LogP contribution in [0.5, 0.6) is 5.75 Å². The molecule has 0 atom stereocenters. The van der Waals surface area contributed by atoms with Gasteiger partial charge in [0.2, 0.25) is 0 Å². The molecular weight excluding hydrogens is 662 g/mol. The van der Waals surface area contributed by atoms with Crippen LogP contribution >= 0.6 is 45.2 Å². The van der Waals surface area contributed by atoms with Crippen LogP contribution in [0.4, 0.5) is 5.69 Å². The van der Waals surface area contributed by atoms with Gasteiger partial charge in [0.25, 0.3) is 5.91 Å². The Bertz CT molecular complexity index is 1480. The summed E-state index contributed by atoms with van der Waals surface area (Å²) in [6.07, 6.45) is 1.61. The van der Waals surface area contributed by atoms with Crippen molar-refractivity contribution in [3.05, 3.63) is 108 Å². The molecule has 6 heteroatoms. The molecule has 0 aromatic heterocycles. The maximum absolute atomic E-state index is 12.8. The molecule has 1 N–H and O–H groups in total. The number of ether oxygens (including phenoxy) is 1. The van der Waals surface area contributed by atoms with E-state index in [4.69, 9.17) is 4.74 Å². The Morgan fingerprint density at radius 1 is 0.971 bits per heavy atom. The van der Waals surface area contributed by atoms with Gasteiger partial charge in [-0.15, -0.1) is 0 Å². The number of carbonyl (C=O) groups is 1. The number of benzene rings is 4. The van der Waals surface area contributed by atoms with E-state index in [1.807, 2.05) is 62.4 Å². The SMILES string of the molecule is Cc1cccc(NC(=O)/C(C#N)=C/c2cc(I)c(OCc3ccc4ccccc4c3)c(I)c2)c1C. The zero-order valence-corrected chi connectivity index (χ0v) is 23.5. The Kier molecular flexibility index (Phi) is 8.08. The van der Waals surface area contributed by atoms with Gasteiger partial charge < -0.3 is 10.1 Å². The molecule has 35 heavy (non-hydrogen) atoms. The van der Waals surface area contributed by atoms with E-state index in [9.17, 15) is 10.1 Å². The van der Waals surface area contributed by atoms with Crippen LogP contribution < -0.4 is 10.1 Å². The van der Waals surface area contributed by atoms with Crippen LogP contribution in [-0.4, -0.2) is 5.91 Å². The van der Waals surface area contributed by atoms with Gasteiger partial charge in [-0.3, -0.25) is 4.79 Å². The van der Waals surface area contributed by atoms with Gasteiger partial charge in [-0.2, -0.15) is 5.26 Å². The fraction of sp³-hybridized carbons (Fsp3) is 0.103. The molecule has 4 rings (SSSR count). The van der Waals surface area contributed by atoms with Crippen molar-refractivity contribution in [3.63, 3.8) is 0 Å². The third-order valence-electron chi connectivity index (χ3n) is 5.75. The van der Waals surface area contributed by atoms with E-state index in [1.54, 1.807) is 6.08 Å². The maximum Gasteiger partial charge on any atom is 0.266 e. The van der Waals surface area contributed by atoms with Crippen LogP contribution in [0.2, 0.25) is 0 Å². The molecule has 0 radical (unpaired) electrons. The summed E-state index contributed by atoms with van der Waals surface area (Å²) in [5, 5.41) is 14.9. The Labute approximate surface area is 232 Å². The quantitative estimate of drug-likeness (QED) is 0.128. The second kappa shape index (κ2) is 11.2. The molecule has 0 fully saturated rings. The van der Waals surface area contributed by atoms with Crippen molar-refractivity contribution < 1.29 is 9.53 Å². The lowest BCUT2D eigenvalue weighted by molar-refractivity contribution is -0.112. The Balaban J connectivity index is 1.51. The number of nitrogens with one attached hydrogen (secondary N) is 1. The van der Waals surface area contributed by atoms with Crippen LogP contribution in [0, 0.1) is 32.3 Å². The Morgan fingerprint density at radius 3 is 2.40 bits per heavy atom. The highest BCUT2D eigenvalue weighted by molar-refractivity contribution is 14.1. The predicted octanol–water partition coefficient (Wildman–Crippen LogP) is 7.79. The number of amides is 1. The van der Waals surface area contributed by atoms with Gasteiger partial charge in [0.15, 0.2) is 0 Å². The number of aryl methyl sites for hydroxylation is 1. The van der Waals surface area contributed by atoms with E-state index in [1.165, 1.54) is 10.8 Å². The van der Waals surface area contributed by atoms with Crippen LogP contribution in [0.25, 0.3) is 16.8 Å². The summed E-state index contributed by atoms with van der Waals surface area (Å²) >= 11 is 4.46. The molecule has 4 nitrogen and oxygen atoms in total. The number of rotatable bonds is 6. The first-order valence-corrected chi connectivity index (χ1v) is 13.1. The van der Waals surface area contributed by atoms with Gasteiger partial charge in [0.05, 0.1) is 7.14 Å². The lowest BCUT2D eigenvalue weighted by Gasteiger charge is -2.13. The molecule has 0 bridgehead atoms. The molecule has 0 saturated heterocycles. The number of hydrogen-bond donors (Lipinski definition) is 1. The lowest BCUT2D eigenvalue weighted by atomic mass is 10.1. The van der Waals surface area contributed by atoms with Crippen LogP contribution in [0.1, 0.15) is 22.3 Å². The summed E-state index contributed by atoms with van der Waals surface area (Å²) in [4.78, 5) is 12.8. The Hall–Kier alpha value is -2.90. The van der Waals surface area contributed by atoms with Crippen LogP contribution in [-0.2, 0) is 11.4 Å². The van der Waals surface area contributed by atoms with Crippen molar-refractivity contribution in [3.8, 4) is 11.8 Å². The van der Waals surface area contributed by atoms with Gasteiger partial charge >= 0.3 is 0 Å². The second-order valence-electron chi connectivity index (χ2n) is 8.16. The van der Waals surface area contributed by atoms with E-state index in [2.05, 4.69) is 80.8 Å². The number of anilines is 1. The number of fused-ring (bicyclic) bond motifs is 1. The van der Waals surface area contributed by atoms with Gasteiger partial charge in [-0.05, 0) is 122 Å². The summed E-state index contributed by atoms with van der Waals surface area (Å²) in [7, 11) is 0. The first-order valence-electron chi connectivity index (χ1n) is 10.9. The molecule has 0 aliphatic heterocycles. The average Bonchev–Trinajstić information content (AvgIpc) is 2.84. The molecule has 0 heterocycles. The van der Waals surface area contributed by atoms with Crippen molar-refractivity contribution in [2.24, 2.45) is 0 Å². The monoisotopic (exact) mass is 684 g/mol. The van der Waals surface area contributed by atoms with Gasteiger partial charge in [0, 0.05) is 5.69 Å². The Morgan fingerprint density at radius 2 is 1.69 bits per heavy atom. The smallest absolute Gasteiger partial charge is 0.266 e. The molecule has 174 valence electrons. The van der Waals surface area contributed by atoms with Crippen LogP contribution in [0.3, 0.4) is 0 Å². The molecule has 0 saturated carbocycles. The highest BCUT2D eigenvalue weighted by Gasteiger charge is 2.14. The summed E-state index contributed by atoms with van der Waals surface area (Å²) < 4.78 is 7.98. The van der Waals surface area contributed by atoms with Crippen molar-refractivity contribution in [2.75, 3.05) is 5.32 Å². The summed E-state index contributed by atoms with van der Waals surface area (Å²) in [6, 6.07) is 26.1. The lowest BCUT2D eigenvalue weighted by Crippen LogP contribution is -2.14. The minimum Gasteiger partial charge on any atom is -0.487 e. The minimum absolute atomic E-state index is 0.0438. The zero-order chi connectivity index (χ0) is 24.9. The summed E-state index contributed by atoms with van der Waals surface area (Å²) in [5.74, 6) is 0.359. The number of halogens is 2. The zero-order valence-electron chi connectivity index (χ0n) is 19.2. The first-order chi connectivity index (χ1) is 16.9. The highest BCUT2D eigenvalue weighted by atomic mass is 127. The normalized spacial score (nSPS) is 11.2. The van der Waals surface area contributed by atoms with E-state index >= 15 is 0 Å². The molecule has 4 aromatic rings. The van der Waals surface area contributed by atoms with E-state index in [-0.39, 0.29) is 5.57 Å². The van der Waals surface area contributed by atoms with Crippen molar-refractivity contribution in [1.29, 1.82) is 5.26 Å². The molecule has 0 unspecified atom stereocenters. The molecule has 1 amide bonds. The predicted molar refractivity (Wildman–Crippen MR) is 158 cm³/mol. The highest BCUT2D eigenvalue weighted by Crippen LogP contribution is 2.31. The minimum atomic E-state index is -0.428. The fourth-order valence-corrected chi connectivity index (χ4v) is 5.80. The number of carbonyl (C=O) groups excluding carboxylic acids is 1. The molecular formula is C29H22I2N2O2. The molecule has 0 aliphatic carbocycles. The van der Waals surface area contributed by atoms with Gasteiger partial charge in [-0.25, -0.2) is 0 Å². The maximum atomic E-state index is 12.8. The van der Waals surface area contributed by atoms with Crippen molar-refractivity contribution in [1.82, 2.24) is 0 Å². The summed E-state index contributed by atoms with van der Waals surface area (Å²) in [5.41, 5.74) is 4.67. The van der Waals surface area contributed by atoms with E-state index in [0.29, 0.717) is 12.3 Å². The van der Waals surface area contributed by atoms with Crippen molar-refractivity contribution in [2.45, 2.75) is 20.5 Å². The topological polar surface area (TPSA) is 62.1 Å². The third kappa shape index (κ3) is 6.03. The van der Waals surface area contributed by atoms with Gasteiger partial charge in [-0.1, -0.05) is 48.5 Å².